The third-order valence-electron chi connectivity index (χ3n) is 2.28. The van der Waals surface area contributed by atoms with Crippen LogP contribution in [0.5, 0.6) is 0 Å². The molecule has 0 radical (unpaired) electrons. The van der Waals surface area contributed by atoms with E-state index in [1.54, 1.807) is 13.1 Å². The molecule has 0 saturated heterocycles. The highest BCUT2D eigenvalue weighted by Crippen LogP contribution is 2.26. The number of hydrogen-bond donors (Lipinski definition) is 1. The third kappa shape index (κ3) is 3.22. The Morgan fingerprint density at radius 1 is 1.11 bits per heavy atom. The molecule has 0 saturated carbocycles. The van der Waals surface area contributed by atoms with Crippen molar-refractivity contribution in [2.24, 2.45) is 0 Å². The summed E-state index contributed by atoms with van der Waals surface area (Å²) < 4.78 is 37.0. The van der Waals surface area contributed by atoms with Crippen LogP contribution in [-0.2, 0) is 12.7 Å². The largest absolute Gasteiger partial charge is 0.451 e. The minimum Gasteiger partial charge on any atom is -0.314 e. The lowest BCUT2D eigenvalue weighted by atomic mass is 10.2. The molecular weight excluding hydrogens is 259 g/mol. The van der Waals surface area contributed by atoms with Crippen LogP contribution >= 0.6 is 0 Å². The highest BCUT2D eigenvalue weighted by molar-refractivity contribution is 5.56. The van der Waals surface area contributed by atoms with Gasteiger partial charge in [-0.2, -0.15) is 13.2 Å². The molecule has 0 aliphatic carbocycles. The average molecular weight is 269 g/mol. The maximum Gasteiger partial charge on any atom is 0.451 e. The van der Waals surface area contributed by atoms with Gasteiger partial charge in [-0.15, -0.1) is 0 Å². The molecule has 0 unspecified atom stereocenters. The summed E-state index contributed by atoms with van der Waals surface area (Å²) >= 11 is 0. The average Bonchev–Trinajstić information content (AvgIpc) is 2.39. The normalized spacial score (nSPS) is 11.6. The van der Waals surface area contributed by atoms with Gasteiger partial charge < -0.3 is 5.32 Å². The Balaban J connectivity index is 2.29. The second-order valence-corrected chi connectivity index (χ2v) is 3.72. The van der Waals surface area contributed by atoms with Crippen molar-refractivity contribution in [1.29, 1.82) is 0 Å². The predicted molar refractivity (Wildman–Crippen MR) is 60.8 cm³/mol. The Kier molecular flexibility index (Phi) is 3.70. The lowest BCUT2D eigenvalue weighted by Gasteiger charge is -2.06. The van der Waals surface area contributed by atoms with E-state index >= 15 is 0 Å². The van der Waals surface area contributed by atoms with E-state index in [1.807, 2.05) is 0 Å². The highest BCUT2D eigenvalue weighted by atomic mass is 19.4. The van der Waals surface area contributed by atoms with Crippen molar-refractivity contribution in [2.45, 2.75) is 12.7 Å². The van der Waals surface area contributed by atoms with Crippen LogP contribution in [0.15, 0.2) is 24.8 Å². The van der Waals surface area contributed by atoms with Crippen molar-refractivity contribution in [2.75, 3.05) is 7.05 Å². The number of aromatic nitrogens is 4. The number of nitrogens with zero attached hydrogens (tertiary/aromatic N) is 4. The lowest BCUT2D eigenvalue weighted by Crippen LogP contribution is -2.10. The summed E-state index contributed by atoms with van der Waals surface area (Å²) in [5, 5.41) is 2.92. The Labute approximate surface area is 107 Å². The minimum atomic E-state index is -4.54. The summed E-state index contributed by atoms with van der Waals surface area (Å²) in [4.78, 5) is 14.6. The summed E-state index contributed by atoms with van der Waals surface area (Å²) in [5.41, 5.74) is 1.62. The SMILES string of the molecule is CNCc1cc(-c2cnc(C(F)(F)F)nc2)ncn1. The molecule has 100 valence electrons. The van der Waals surface area contributed by atoms with Crippen LogP contribution in [0.25, 0.3) is 11.3 Å². The summed E-state index contributed by atoms with van der Waals surface area (Å²) in [5.74, 6) is -1.17. The fraction of sp³-hybridized carbons (Fsp3) is 0.273. The molecule has 1 N–H and O–H groups in total. The van der Waals surface area contributed by atoms with E-state index in [9.17, 15) is 13.2 Å². The first-order valence-electron chi connectivity index (χ1n) is 5.36. The van der Waals surface area contributed by atoms with Gasteiger partial charge in [0.15, 0.2) is 0 Å². The molecule has 0 atom stereocenters. The van der Waals surface area contributed by atoms with Crippen LogP contribution < -0.4 is 5.32 Å². The first-order valence-corrected chi connectivity index (χ1v) is 5.36. The van der Waals surface area contributed by atoms with Gasteiger partial charge in [-0.25, -0.2) is 19.9 Å². The van der Waals surface area contributed by atoms with Gasteiger partial charge in [0.25, 0.3) is 0 Å². The molecule has 5 nitrogen and oxygen atoms in total. The third-order valence-corrected chi connectivity index (χ3v) is 2.28. The molecule has 8 heteroatoms. The first kappa shape index (κ1) is 13.3. The van der Waals surface area contributed by atoms with E-state index in [-0.39, 0.29) is 0 Å². The molecule has 0 spiro atoms. The fourth-order valence-electron chi connectivity index (χ4n) is 1.44. The highest BCUT2D eigenvalue weighted by Gasteiger charge is 2.34. The molecule has 2 aromatic heterocycles. The van der Waals surface area contributed by atoms with Gasteiger partial charge in [0.2, 0.25) is 5.82 Å². The van der Waals surface area contributed by atoms with Crippen molar-refractivity contribution in [3.63, 3.8) is 0 Å². The van der Waals surface area contributed by atoms with Gasteiger partial charge in [0.05, 0.1) is 11.4 Å². The number of rotatable bonds is 3. The fourth-order valence-corrected chi connectivity index (χ4v) is 1.44. The van der Waals surface area contributed by atoms with E-state index in [1.165, 1.54) is 6.33 Å². The zero-order valence-corrected chi connectivity index (χ0v) is 9.94. The van der Waals surface area contributed by atoms with Crippen molar-refractivity contribution >= 4 is 0 Å². The summed E-state index contributed by atoms with van der Waals surface area (Å²) in [6.45, 7) is 0.539. The van der Waals surface area contributed by atoms with Gasteiger partial charge in [-0.1, -0.05) is 0 Å². The molecule has 0 aliphatic heterocycles. The van der Waals surface area contributed by atoms with Gasteiger partial charge in [-0.3, -0.25) is 0 Å². The molecule has 0 amide bonds. The van der Waals surface area contributed by atoms with Crippen molar-refractivity contribution < 1.29 is 13.2 Å². The topological polar surface area (TPSA) is 63.6 Å². The zero-order valence-electron chi connectivity index (χ0n) is 9.94. The quantitative estimate of drug-likeness (QED) is 0.918. The molecule has 0 aromatic carbocycles. The molecule has 0 bridgehead atoms. The van der Waals surface area contributed by atoms with E-state index < -0.39 is 12.0 Å². The van der Waals surface area contributed by atoms with Crippen LogP contribution in [0.4, 0.5) is 13.2 Å². The lowest BCUT2D eigenvalue weighted by molar-refractivity contribution is -0.144. The Morgan fingerprint density at radius 3 is 2.37 bits per heavy atom. The number of hydrogen-bond acceptors (Lipinski definition) is 5. The second kappa shape index (κ2) is 5.27. The predicted octanol–water partition coefficient (Wildman–Crippen LogP) is 1.67. The Morgan fingerprint density at radius 2 is 1.79 bits per heavy atom. The van der Waals surface area contributed by atoms with Crippen LogP contribution in [-0.4, -0.2) is 27.0 Å². The molecule has 2 aromatic rings. The molecule has 2 rings (SSSR count). The van der Waals surface area contributed by atoms with Crippen molar-refractivity contribution in [3.05, 3.63) is 36.3 Å². The first-order chi connectivity index (χ1) is 9.00. The van der Waals surface area contributed by atoms with Gasteiger partial charge in [0, 0.05) is 24.5 Å². The minimum absolute atomic E-state index is 0.410. The molecule has 2 heterocycles. The van der Waals surface area contributed by atoms with Gasteiger partial charge in [0.1, 0.15) is 6.33 Å². The maximum atomic E-state index is 12.3. The maximum absolute atomic E-state index is 12.3. The van der Waals surface area contributed by atoms with E-state index in [0.717, 1.165) is 18.1 Å². The van der Waals surface area contributed by atoms with Gasteiger partial charge in [-0.05, 0) is 13.1 Å². The van der Waals surface area contributed by atoms with E-state index in [4.69, 9.17) is 0 Å². The van der Waals surface area contributed by atoms with Crippen LogP contribution in [0.3, 0.4) is 0 Å². The molecule has 0 aliphatic rings. The second-order valence-electron chi connectivity index (χ2n) is 3.72. The van der Waals surface area contributed by atoms with E-state index in [0.29, 0.717) is 17.8 Å². The number of halogens is 3. The van der Waals surface area contributed by atoms with E-state index in [2.05, 4.69) is 25.3 Å². The monoisotopic (exact) mass is 269 g/mol. The molecule has 0 fully saturated rings. The summed E-state index contributed by atoms with van der Waals surface area (Å²) in [7, 11) is 1.77. The van der Waals surface area contributed by atoms with Gasteiger partial charge >= 0.3 is 6.18 Å². The van der Waals surface area contributed by atoms with Crippen molar-refractivity contribution in [1.82, 2.24) is 25.3 Å². The van der Waals surface area contributed by atoms with Crippen LogP contribution in [0.2, 0.25) is 0 Å². The van der Waals surface area contributed by atoms with Crippen LogP contribution in [0.1, 0.15) is 11.5 Å². The summed E-state index contributed by atoms with van der Waals surface area (Å²) in [6.07, 6.45) is -0.996. The summed E-state index contributed by atoms with van der Waals surface area (Å²) in [6, 6.07) is 1.67. The van der Waals surface area contributed by atoms with Crippen LogP contribution in [0, 0.1) is 0 Å². The van der Waals surface area contributed by atoms with Crippen molar-refractivity contribution in [3.8, 4) is 11.3 Å². The molecular formula is C11H10F3N5. The smallest absolute Gasteiger partial charge is 0.314 e. The number of alkyl halides is 3. The molecule has 19 heavy (non-hydrogen) atoms. The number of nitrogens with one attached hydrogen (secondary N) is 1. The Bertz CT molecular complexity index is 553. The Hall–Kier alpha value is -2.09. The standard InChI is InChI=1S/C11H10F3N5/c1-15-5-8-2-9(19-6-18-8)7-3-16-10(17-4-7)11(12,13)14/h2-4,6,15H,5H2,1H3. The zero-order chi connectivity index (χ0) is 13.9.